The third-order valence-electron chi connectivity index (χ3n) is 2.41. The lowest BCUT2D eigenvalue weighted by atomic mass is 10.1. The van der Waals surface area contributed by atoms with Gasteiger partial charge in [-0.25, -0.2) is 0 Å². The Bertz CT molecular complexity index is 316. The molecule has 1 aromatic carbocycles. The van der Waals surface area contributed by atoms with Gasteiger partial charge in [0.25, 0.3) is 0 Å². The number of benzene rings is 1. The Labute approximate surface area is 93.3 Å². The van der Waals surface area contributed by atoms with Crippen LogP contribution in [0.25, 0.3) is 0 Å². The van der Waals surface area contributed by atoms with Crippen molar-refractivity contribution in [2.24, 2.45) is 5.92 Å². The molecule has 1 rings (SSSR count). The summed E-state index contributed by atoms with van der Waals surface area (Å²) in [7, 11) is 4.16. The summed E-state index contributed by atoms with van der Waals surface area (Å²) in [6.45, 7) is 7.60. The highest BCUT2D eigenvalue weighted by atomic mass is 15.1. The second kappa shape index (κ2) is 5.06. The largest absolute Gasteiger partial charge is 0.385 e. The maximum absolute atomic E-state index is 3.44. The number of anilines is 2. The zero-order valence-electron chi connectivity index (χ0n) is 10.5. The smallest absolute Gasteiger partial charge is 0.0411 e. The quantitative estimate of drug-likeness (QED) is 0.814. The summed E-state index contributed by atoms with van der Waals surface area (Å²) in [5, 5.41) is 3.44. The minimum Gasteiger partial charge on any atom is -0.385 e. The van der Waals surface area contributed by atoms with Gasteiger partial charge in [0.2, 0.25) is 0 Å². The fourth-order valence-electron chi connectivity index (χ4n) is 1.52. The lowest BCUT2D eigenvalue weighted by molar-refractivity contribution is 0.689. The second-order valence-electron chi connectivity index (χ2n) is 4.67. The zero-order chi connectivity index (χ0) is 11.4. The highest BCUT2D eigenvalue weighted by molar-refractivity contribution is 5.61. The molecule has 2 heteroatoms. The molecule has 0 atom stereocenters. The Morgan fingerprint density at radius 3 is 2.47 bits per heavy atom. The minimum absolute atomic E-state index is 0.675. The van der Waals surface area contributed by atoms with E-state index in [1.807, 2.05) is 0 Å². The van der Waals surface area contributed by atoms with Crippen LogP contribution in [0.3, 0.4) is 0 Å². The van der Waals surface area contributed by atoms with Crippen LogP contribution in [0.5, 0.6) is 0 Å². The molecule has 2 nitrogen and oxygen atoms in total. The van der Waals surface area contributed by atoms with Crippen molar-refractivity contribution in [2.45, 2.75) is 20.8 Å². The standard InChI is InChI=1S/C13H22N2/c1-10(2)9-14-12-7-6-11(3)13(8-12)15(4)5/h6-8,10,14H,9H2,1-5H3. The van der Waals surface area contributed by atoms with E-state index in [2.05, 4.69) is 63.3 Å². The lowest BCUT2D eigenvalue weighted by Crippen LogP contribution is -2.12. The van der Waals surface area contributed by atoms with Gasteiger partial charge in [-0.3, -0.25) is 0 Å². The van der Waals surface area contributed by atoms with Crippen LogP contribution in [0.15, 0.2) is 18.2 Å². The number of rotatable bonds is 4. The van der Waals surface area contributed by atoms with Crippen molar-refractivity contribution in [3.05, 3.63) is 23.8 Å². The Kier molecular flexibility index (Phi) is 4.01. The summed E-state index contributed by atoms with van der Waals surface area (Å²) in [6.07, 6.45) is 0. The van der Waals surface area contributed by atoms with Crippen LogP contribution < -0.4 is 10.2 Å². The van der Waals surface area contributed by atoms with E-state index < -0.39 is 0 Å². The fourth-order valence-corrected chi connectivity index (χ4v) is 1.52. The third-order valence-corrected chi connectivity index (χ3v) is 2.41. The van der Waals surface area contributed by atoms with Crippen LogP contribution in [0.4, 0.5) is 11.4 Å². The topological polar surface area (TPSA) is 15.3 Å². The average molecular weight is 206 g/mol. The number of nitrogens with zero attached hydrogens (tertiary/aromatic N) is 1. The van der Waals surface area contributed by atoms with Crippen LogP contribution in [0.1, 0.15) is 19.4 Å². The monoisotopic (exact) mass is 206 g/mol. The first-order valence-electron chi connectivity index (χ1n) is 5.52. The SMILES string of the molecule is Cc1ccc(NCC(C)C)cc1N(C)C. The summed E-state index contributed by atoms with van der Waals surface area (Å²) in [4.78, 5) is 2.15. The fraction of sp³-hybridized carbons (Fsp3) is 0.538. The molecule has 1 aromatic rings. The molecule has 0 aliphatic rings. The van der Waals surface area contributed by atoms with Crippen molar-refractivity contribution in [3.63, 3.8) is 0 Å². The van der Waals surface area contributed by atoms with E-state index in [4.69, 9.17) is 0 Å². The predicted molar refractivity (Wildman–Crippen MR) is 68.8 cm³/mol. The van der Waals surface area contributed by atoms with E-state index in [-0.39, 0.29) is 0 Å². The van der Waals surface area contributed by atoms with Gasteiger partial charge >= 0.3 is 0 Å². The van der Waals surface area contributed by atoms with Gasteiger partial charge in [0.05, 0.1) is 0 Å². The van der Waals surface area contributed by atoms with Gasteiger partial charge in [0.15, 0.2) is 0 Å². The lowest BCUT2D eigenvalue weighted by Gasteiger charge is -2.18. The third kappa shape index (κ3) is 3.46. The molecule has 0 bridgehead atoms. The molecule has 0 amide bonds. The van der Waals surface area contributed by atoms with Crippen molar-refractivity contribution < 1.29 is 0 Å². The Morgan fingerprint density at radius 1 is 1.27 bits per heavy atom. The molecule has 0 spiro atoms. The number of nitrogens with one attached hydrogen (secondary N) is 1. The van der Waals surface area contributed by atoms with Crippen molar-refractivity contribution in [1.29, 1.82) is 0 Å². The highest BCUT2D eigenvalue weighted by Crippen LogP contribution is 2.22. The van der Waals surface area contributed by atoms with Crippen LogP contribution in [0, 0.1) is 12.8 Å². The van der Waals surface area contributed by atoms with Gasteiger partial charge in [-0.2, -0.15) is 0 Å². The van der Waals surface area contributed by atoms with Crippen molar-refractivity contribution >= 4 is 11.4 Å². The van der Waals surface area contributed by atoms with E-state index in [1.165, 1.54) is 16.9 Å². The number of hydrogen-bond acceptors (Lipinski definition) is 2. The van der Waals surface area contributed by atoms with Gasteiger partial charge in [-0.1, -0.05) is 19.9 Å². The molecule has 0 fully saturated rings. The molecular weight excluding hydrogens is 184 g/mol. The molecular formula is C13H22N2. The molecule has 0 saturated heterocycles. The molecule has 0 aromatic heterocycles. The Hall–Kier alpha value is -1.18. The number of aryl methyl sites for hydroxylation is 1. The van der Waals surface area contributed by atoms with E-state index in [0.29, 0.717) is 5.92 Å². The van der Waals surface area contributed by atoms with E-state index in [9.17, 15) is 0 Å². The van der Waals surface area contributed by atoms with E-state index in [1.54, 1.807) is 0 Å². The molecule has 0 aliphatic carbocycles. The summed E-state index contributed by atoms with van der Waals surface area (Å²) < 4.78 is 0. The minimum atomic E-state index is 0.675. The molecule has 0 saturated carbocycles. The molecule has 0 unspecified atom stereocenters. The normalized spacial score (nSPS) is 10.5. The molecule has 0 aliphatic heterocycles. The van der Waals surface area contributed by atoms with Gasteiger partial charge in [-0.05, 0) is 30.5 Å². The van der Waals surface area contributed by atoms with Crippen molar-refractivity contribution in [1.82, 2.24) is 0 Å². The predicted octanol–water partition coefficient (Wildman–Crippen LogP) is 3.13. The maximum Gasteiger partial charge on any atom is 0.0411 e. The summed E-state index contributed by atoms with van der Waals surface area (Å²) in [5.41, 5.74) is 3.80. The van der Waals surface area contributed by atoms with Gasteiger partial charge in [0, 0.05) is 32.0 Å². The van der Waals surface area contributed by atoms with Gasteiger partial charge < -0.3 is 10.2 Å². The summed E-state index contributed by atoms with van der Waals surface area (Å²) in [5.74, 6) is 0.675. The molecule has 0 radical (unpaired) electrons. The Morgan fingerprint density at radius 2 is 1.93 bits per heavy atom. The molecule has 84 valence electrons. The van der Waals surface area contributed by atoms with Crippen LogP contribution >= 0.6 is 0 Å². The molecule has 15 heavy (non-hydrogen) atoms. The first-order valence-corrected chi connectivity index (χ1v) is 5.52. The van der Waals surface area contributed by atoms with E-state index >= 15 is 0 Å². The molecule has 0 heterocycles. The van der Waals surface area contributed by atoms with Gasteiger partial charge in [0.1, 0.15) is 0 Å². The Balaban J connectivity index is 2.78. The number of hydrogen-bond donors (Lipinski definition) is 1. The molecule has 1 N–H and O–H groups in total. The van der Waals surface area contributed by atoms with E-state index in [0.717, 1.165) is 6.54 Å². The highest BCUT2D eigenvalue weighted by Gasteiger charge is 2.02. The second-order valence-corrected chi connectivity index (χ2v) is 4.67. The summed E-state index contributed by atoms with van der Waals surface area (Å²) in [6, 6.07) is 6.51. The first-order chi connectivity index (χ1) is 7.00. The van der Waals surface area contributed by atoms with Gasteiger partial charge in [-0.15, -0.1) is 0 Å². The van der Waals surface area contributed by atoms with Crippen LogP contribution in [-0.2, 0) is 0 Å². The van der Waals surface area contributed by atoms with Crippen LogP contribution in [-0.4, -0.2) is 20.6 Å². The van der Waals surface area contributed by atoms with Crippen molar-refractivity contribution in [2.75, 3.05) is 30.9 Å². The maximum atomic E-state index is 3.44. The summed E-state index contributed by atoms with van der Waals surface area (Å²) >= 11 is 0. The van der Waals surface area contributed by atoms with Crippen molar-refractivity contribution in [3.8, 4) is 0 Å². The zero-order valence-corrected chi connectivity index (χ0v) is 10.5. The average Bonchev–Trinajstić information content (AvgIpc) is 2.16. The first kappa shape index (κ1) is 11.9. The van der Waals surface area contributed by atoms with Crippen LogP contribution in [0.2, 0.25) is 0 Å².